The quantitative estimate of drug-likeness (QED) is 0.668. The topological polar surface area (TPSA) is 79.6 Å². The van der Waals surface area contributed by atoms with Crippen molar-refractivity contribution in [1.29, 1.82) is 5.26 Å². The van der Waals surface area contributed by atoms with Crippen LogP contribution in [0.2, 0.25) is 0 Å². The SMILES string of the molecule is CCN(Cc1cccc(F)c1)C(=O)COC(=O)COc1ccccc1C#N. The third-order valence-electron chi connectivity index (χ3n) is 3.71. The van der Waals surface area contributed by atoms with Gasteiger partial charge in [-0.25, -0.2) is 9.18 Å². The molecule has 27 heavy (non-hydrogen) atoms. The maximum atomic E-state index is 13.2. The van der Waals surface area contributed by atoms with E-state index in [9.17, 15) is 14.0 Å². The van der Waals surface area contributed by atoms with E-state index in [1.807, 2.05) is 6.07 Å². The van der Waals surface area contributed by atoms with Crippen LogP contribution in [0.5, 0.6) is 5.75 Å². The molecule has 0 aliphatic carbocycles. The Bertz CT molecular complexity index is 848. The fourth-order valence-corrected chi connectivity index (χ4v) is 2.33. The zero-order chi connectivity index (χ0) is 19.6. The standard InChI is InChI=1S/C20H19FN2O4/c1-2-23(12-15-6-5-8-17(21)10-15)19(24)13-27-20(25)14-26-18-9-4-3-7-16(18)11-22/h3-10H,2,12-14H2,1H3. The van der Waals surface area contributed by atoms with Gasteiger partial charge in [0.25, 0.3) is 5.91 Å². The summed E-state index contributed by atoms with van der Waals surface area (Å²) in [6.07, 6.45) is 0. The van der Waals surface area contributed by atoms with Gasteiger partial charge >= 0.3 is 5.97 Å². The molecule has 0 N–H and O–H groups in total. The average molecular weight is 370 g/mol. The van der Waals surface area contributed by atoms with E-state index in [-0.39, 0.29) is 18.1 Å². The first-order chi connectivity index (χ1) is 13.0. The fraction of sp³-hybridized carbons (Fsp3) is 0.250. The number of carbonyl (C=O) groups excluding carboxylic acids is 2. The van der Waals surface area contributed by atoms with Gasteiger partial charge in [0.15, 0.2) is 13.2 Å². The van der Waals surface area contributed by atoms with E-state index in [0.29, 0.717) is 17.7 Å². The number of hydrogen-bond donors (Lipinski definition) is 0. The lowest BCUT2D eigenvalue weighted by atomic mass is 10.2. The molecular weight excluding hydrogens is 351 g/mol. The summed E-state index contributed by atoms with van der Waals surface area (Å²) in [6, 6.07) is 14.4. The molecule has 140 valence electrons. The maximum Gasteiger partial charge on any atom is 0.344 e. The third-order valence-corrected chi connectivity index (χ3v) is 3.71. The Kier molecular flexibility index (Phi) is 7.32. The minimum atomic E-state index is -0.724. The lowest BCUT2D eigenvalue weighted by Gasteiger charge is -2.21. The number of ether oxygens (including phenoxy) is 2. The van der Waals surface area contributed by atoms with Crippen molar-refractivity contribution in [2.24, 2.45) is 0 Å². The Morgan fingerprint density at radius 2 is 1.93 bits per heavy atom. The van der Waals surface area contributed by atoms with Gasteiger partial charge in [-0.15, -0.1) is 0 Å². The minimum absolute atomic E-state index is 0.219. The van der Waals surface area contributed by atoms with E-state index < -0.39 is 25.1 Å². The van der Waals surface area contributed by atoms with E-state index in [4.69, 9.17) is 14.7 Å². The van der Waals surface area contributed by atoms with Crippen molar-refractivity contribution in [2.45, 2.75) is 13.5 Å². The maximum absolute atomic E-state index is 13.2. The average Bonchev–Trinajstić information content (AvgIpc) is 2.68. The second-order valence-corrected chi connectivity index (χ2v) is 5.60. The lowest BCUT2D eigenvalue weighted by molar-refractivity contribution is -0.153. The minimum Gasteiger partial charge on any atom is -0.481 e. The normalized spacial score (nSPS) is 9.96. The van der Waals surface area contributed by atoms with Crippen LogP contribution in [0.15, 0.2) is 48.5 Å². The van der Waals surface area contributed by atoms with Gasteiger partial charge in [-0.2, -0.15) is 5.26 Å². The molecule has 0 radical (unpaired) electrons. The third kappa shape index (κ3) is 6.12. The number of nitriles is 1. The molecule has 0 aliphatic rings. The van der Waals surface area contributed by atoms with Crippen LogP contribution in [0.25, 0.3) is 0 Å². The Labute approximate surface area is 156 Å². The molecule has 1 amide bonds. The molecule has 0 heterocycles. The molecule has 0 unspecified atom stereocenters. The van der Waals surface area contributed by atoms with Crippen LogP contribution in [-0.4, -0.2) is 36.5 Å². The van der Waals surface area contributed by atoms with Crippen molar-refractivity contribution >= 4 is 11.9 Å². The first-order valence-electron chi connectivity index (χ1n) is 8.33. The molecule has 6 nitrogen and oxygen atoms in total. The predicted octanol–water partition coefficient (Wildman–Crippen LogP) is 2.67. The van der Waals surface area contributed by atoms with Crippen LogP contribution in [-0.2, 0) is 20.9 Å². The molecule has 0 saturated heterocycles. The zero-order valence-electron chi connectivity index (χ0n) is 14.9. The van der Waals surface area contributed by atoms with Crippen LogP contribution in [0.4, 0.5) is 4.39 Å². The molecule has 0 saturated carbocycles. The summed E-state index contributed by atoms with van der Waals surface area (Å²) in [6.45, 7) is 1.53. The van der Waals surface area contributed by atoms with Crippen LogP contribution in [0.3, 0.4) is 0 Å². The summed E-state index contributed by atoms with van der Waals surface area (Å²) in [7, 11) is 0. The van der Waals surface area contributed by atoms with Crippen molar-refractivity contribution in [3.8, 4) is 11.8 Å². The Morgan fingerprint density at radius 3 is 2.63 bits per heavy atom. The van der Waals surface area contributed by atoms with Gasteiger partial charge in [-0.1, -0.05) is 24.3 Å². The lowest BCUT2D eigenvalue weighted by Crippen LogP contribution is -2.34. The summed E-state index contributed by atoms with van der Waals surface area (Å²) in [5.74, 6) is -1.23. The van der Waals surface area contributed by atoms with Crippen molar-refractivity contribution in [3.05, 3.63) is 65.5 Å². The molecule has 0 fully saturated rings. The van der Waals surface area contributed by atoms with E-state index in [0.717, 1.165) is 0 Å². The second kappa shape index (κ2) is 9.92. The molecule has 0 aliphatic heterocycles. The monoisotopic (exact) mass is 370 g/mol. The van der Waals surface area contributed by atoms with E-state index >= 15 is 0 Å². The first-order valence-corrected chi connectivity index (χ1v) is 8.33. The summed E-state index contributed by atoms with van der Waals surface area (Å²) in [5, 5.41) is 8.97. The fourth-order valence-electron chi connectivity index (χ4n) is 2.33. The van der Waals surface area contributed by atoms with E-state index in [1.54, 1.807) is 43.3 Å². The van der Waals surface area contributed by atoms with Crippen molar-refractivity contribution in [2.75, 3.05) is 19.8 Å². The second-order valence-electron chi connectivity index (χ2n) is 5.60. The van der Waals surface area contributed by atoms with E-state index in [1.165, 1.54) is 17.0 Å². The molecule has 0 aromatic heterocycles. The van der Waals surface area contributed by atoms with Gasteiger partial charge in [0.1, 0.15) is 17.6 Å². The van der Waals surface area contributed by atoms with E-state index in [2.05, 4.69) is 0 Å². The van der Waals surface area contributed by atoms with Crippen LogP contribution in [0, 0.1) is 17.1 Å². The number of likely N-dealkylation sites (N-methyl/N-ethyl adjacent to an activating group) is 1. The highest BCUT2D eigenvalue weighted by molar-refractivity contribution is 5.81. The highest BCUT2D eigenvalue weighted by Crippen LogP contribution is 2.16. The summed E-state index contributed by atoms with van der Waals surface area (Å²) < 4.78 is 23.4. The van der Waals surface area contributed by atoms with Crippen LogP contribution in [0.1, 0.15) is 18.1 Å². The Balaban J connectivity index is 1.82. The number of nitrogens with zero attached hydrogens (tertiary/aromatic N) is 2. The number of rotatable bonds is 8. The van der Waals surface area contributed by atoms with Gasteiger partial charge in [0, 0.05) is 13.1 Å². The zero-order valence-corrected chi connectivity index (χ0v) is 14.9. The number of esters is 1. The summed E-state index contributed by atoms with van der Waals surface area (Å²) >= 11 is 0. The molecule has 2 aromatic carbocycles. The largest absolute Gasteiger partial charge is 0.481 e. The molecule has 0 bridgehead atoms. The number of amides is 1. The van der Waals surface area contributed by atoms with Crippen molar-refractivity contribution in [1.82, 2.24) is 4.90 Å². The number of hydrogen-bond acceptors (Lipinski definition) is 5. The van der Waals surface area contributed by atoms with Gasteiger partial charge in [-0.3, -0.25) is 4.79 Å². The van der Waals surface area contributed by atoms with Crippen LogP contribution >= 0.6 is 0 Å². The predicted molar refractivity (Wildman–Crippen MR) is 95.1 cm³/mol. The first kappa shape index (κ1) is 19.9. The van der Waals surface area contributed by atoms with Gasteiger partial charge in [0.05, 0.1) is 5.56 Å². The summed E-state index contributed by atoms with van der Waals surface area (Å²) in [5.41, 5.74) is 0.946. The van der Waals surface area contributed by atoms with Crippen LogP contribution < -0.4 is 4.74 Å². The highest BCUT2D eigenvalue weighted by atomic mass is 19.1. The smallest absolute Gasteiger partial charge is 0.344 e. The number of para-hydroxylation sites is 1. The molecule has 0 spiro atoms. The molecule has 7 heteroatoms. The Hall–Kier alpha value is -3.40. The number of benzene rings is 2. The Morgan fingerprint density at radius 1 is 1.15 bits per heavy atom. The number of carbonyl (C=O) groups is 2. The van der Waals surface area contributed by atoms with Gasteiger partial charge < -0.3 is 14.4 Å². The van der Waals surface area contributed by atoms with Crippen molar-refractivity contribution in [3.63, 3.8) is 0 Å². The molecular formula is C20H19FN2O4. The van der Waals surface area contributed by atoms with Crippen molar-refractivity contribution < 1.29 is 23.5 Å². The molecule has 2 rings (SSSR count). The molecule has 0 atom stereocenters. The number of halogens is 1. The van der Waals surface area contributed by atoms with Gasteiger partial charge in [0.2, 0.25) is 0 Å². The van der Waals surface area contributed by atoms with Gasteiger partial charge in [-0.05, 0) is 36.8 Å². The summed E-state index contributed by atoms with van der Waals surface area (Å²) in [4.78, 5) is 25.4. The molecule has 2 aromatic rings. The highest BCUT2D eigenvalue weighted by Gasteiger charge is 2.15.